The van der Waals surface area contributed by atoms with Gasteiger partial charge < -0.3 is 11.1 Å². The summed E-state index contributed by atoms with van der Waals surface area (Å²) in [5, 5.41) is 4.75. The standard InChI is InChI=1S/C14H17N3/c1-9-2-5-12-13(6-9)17-11(8-15)7-14(12)16-10-3-4-10/h2,5-7,10H,3-4,8,15H2,1H3,(H,16,17). The molecule has 3 heteroatoms. The Morgan fingerprint density at radius 1 is 1.35 bits per heavy atom. The summed E-state index contributed by atoms with van der Waals surface area (Å²) in [7, 11) is 0. The van der Waals surface area contributed by atoms with E-state index < -0.39 is 0 Å². The van der Waals surface area contributed by atoms with Gasteiger partial charge in [-0.05, 0) is 37.5 Å². The van der Waals surface area contributed by atoms with Gasteiger partial charge in [0.15, 0.2) is 0 Å². The summed E-state index contributed by atoms with van der Waals surface area (Å²) >= 11 is 0. The number of benzene rings is 1. The number of fused-ring (bicyclic) bond motifs is 1. The molecule has 0 bridgehead atoms. The highest BCUT2D eigenvalue weighted by molar-refractivity contribution is 5.92. The highest BCUT2D eigenvalue weighted by Crippen LogP contribution is 2.30. The molecule has 1 saturated carbocycles. The SMILES string of the molecule is Cc1ccc2c(NC3CC3)cc(CN)nc2c1. The third-order valence-corrected chi connectivity index (χ3v) is 3.16. The lowest BCUT2D eigenvalue weighted by Gasteiger charge is -2.11. The molecule has 88 valence electrons. The van der Waals surface area contributed by atoms with Gasteiger partial charge in [0.25, 0.3) is 0 Å². The van der Waals surface area contributed by atoms with Crippen molar-refractivity contribution in [3.8, 4) is 0 Å². The lowest BCUT2D eigenvalue weighted by molar-refractivity contribution is 1.00. The zero-order valence-corrected chi connectivity index (χ0v) is 10.0. The lowest BCUT2D eigenvalue weighted by atomic mass is 10.1. The molecule has 0 saturated heterocycles. The summed E-state index contributed by atoms with van der Waals surface area (Å²) in [6, 6.07) is 9.11. The van der Waals surface area contributed by atoms with Crippen molar-refractivity contribution in [1.82, 2.24) is 4.98 Å². The summed E-state index contributed by atoms with van der Waals surface area (Å²) in [5.41, 5.74) is 10.1. The van der Waals surface area contributed by atoms with Crippen LogP contribution in [0.2, 0.25) is 0 Å². The van der Waals surface area contributed by atoms with Crippen LogP contribution in [0.15, 0.2) is 24.3 Å². The normalized spacial score (nSPS) is 15.2. The van der Waals surface area contributed by atoms with Crippen LogP contribution in [-0.2, 0) is 6.54 Å². The van der Waals surface area contributed by atoms with Gasteiger partial charge in [0.1, 0.15) is 0 Å². The average Bonchev–Trinajstić information content (AvgIpc) is 3.12. The molecule has 3 rings (SSSR count). The van der Waals surface area contributed by atoms with Gasteiger partial charge in [-0.25, -0.2) is 0 Å². The number of aromatic nitrogens is 1. The first-order chi connectivity index (χ1) is 8.26. The molecule has 1 heterocycles. The predicted octanol–water partition coefficient (Wildman–Crippen LogP) is 2.58. The van der Waals surface area contributed by atoms with Gasteiger partial charge in [0.05, 0.1) is 11.2 Å². The molecule has 2 aromatic rings. The van der Waals surface area contributed by atoms with Crippen molar-refractivity contribution in [2.75, 3.05) is 5.32 Å². The Morgan fingerprint density at radius 2 is 2.18 bits per heavy atom. The van der Waals surface area contributed by atoms with E-state index in [1.807, 2.05) is 0 Å². The molecule has 1 aromatic heterocycles. The van der Waals surface area contributed by atoms with E-state index >= 15 is 0 Å². The topological polar surface area (TPSA) is 50.9 Å². The fraction of sp³-hybridized carbons (Fsp3) is 0.357. The van der Waals surface area contributed by atoms with E-state index in [1.165, 1.54) is 29.5 Å². The van der Waals surface area contributed by atoms with Crippen molar-refractivity contribution in [2.24, 2.45) is 5.73 Å². The third-order valence-electron chi connectivity index (χ3n) is 3.16. The second-order valence-electron chi connectivity index (χ2n) is 4.80. The Hall–Kier alpha value is -1.61. The van der Waals surface area contributed by atoms with Gasteiger partial charge in [-0.2, -0.15) is 0 Å². The predicted molar refractivity (Wildman–Crippen MR) is 71.0 cm³/mol. The molecular formula is C14H17N3. The first-order valence-electron chi connectivity index (χ1n) is 6.13. The fourth-order valence-corrected chi connectivity index (χ4v) is 2.06. The molecule has 0 aliphatic heterocycles. The second kappa shape index (κ2) is 4.00. The molecule has 0 spiro atoms. The molecule has 17 heavy (non-hydrogen) atoms. The molecule has 0 amide bonds. The van der Waals surface area contributed by atoms with Gasteiger partial charge >= 0.3 is 0 Å². The van der Waals surface area contributed by atoms with Gasteiger partial charge in [0, 0.05) is 23.7 Å². The molecule has 0 unspecified atom stereocenters. The maximum Gasteiger partial charge on any atom is 0.0729 e. The monoisotopic (exact) mass is 227 g/mol. The molecule has 1 aromatic carbocycles. The maximum atomic E-state index is 5.70. The number of nitrogens with zero attached hydrogens (tertiary/aromatic N) is 1. The van der Waals surface area contributed by atoms with Crippen LogP contribution in [-0.4, -0.2) is 11.0 Å². The van der Waals surface area contributed by atoms with Crippen LogP contribution >= 0.6 is 0 Å². The molecule has 3 nitrogen and oxygen atoms in total. The van der Waals surface area contributed by atoms with Crippen molar-refractivity contribution in [1.29, 1.82) is 0 Å². The minimum Gasteiger partial charge on any atom is -0.382 e. The Bertz CT molecular complexity index is 559. The Labute approximate surface area is 101 Å². The van der Waals surface area contributed by atoms with E-state index in [1.54, 1.807) is 0 Å². The van der Waals surface area contributed by atoms with Crippen molar-refractivity contribution in [3.63, 3.8) is 0 Å². The summed E-state index contributed by atoms with van der Waals surface area (Å²) in [6.45, 7) is 2.58. The van der Waals surface area contributed by atoms with Crippen LogP contribution in [0.25, 0.3) is 10.9 Å². The smallest absolute Gasteiger partial charge is 0.0729 e. The van der Waals surface area contributed by atoms with Crippen LogP contribution in [0.5, 0.6) is 0 Å². The fourth-order valence-electron chi connectivity index (χ4n) is 2.06. The van der Waals surface area contributed by atoms with E-state index in [4.69, 9.17) is 5.73 Å². The molecule has 1 aliphatic rings. The zero-order valence-electron chi connectivity index (χ0n) is 10.0. The van der Waals surface area contributed by atoms with E-state index in [0.717, 1.165) is 11.2 Å². The Morgan fingerprint density at radius 3 is 2.88 bits per heavy atom. The van der Waals surface area contributed by atoms with Crippen LogP contribution < -0.4 is 11.1 Å². The average molecular weight is 227 g/mol. The second-order valence-corrected chi connectivity index (χ2v) is 4.80. The lowest BCUT2D eigenvalue weighted by Crippen LogP contribution is -2.06. The van der Waals surface area contributed by atoms with Gasteiger partial charge in [-0.3, -0.25) is 4.98 Å². The first kappa shape index (κ1) is 10.5. The third kappa shape index (κ3) is 2.11. The number of aryl methyl sites for hydroxylation is 1. The van der Waals surface area contributed by atoms with Crippen molar-refractivity contribution in [2.45, 2.75) is 32.4 Å². The molecule has 0 atom stereocenters. The minimum atomic E-state index is 0.489. The minimum absolute atomic E-state index is 0.489. The van der Waals surface area contributed by atoms with Gasteiger partial charge in [-0.15, -0.1) is 0 Å². The number of hydrogen-bond acceptors (Lipinski definition) is 3. The van der Waals surface area contributed by atoms with E-state index in [0.29, 0.717) is 12.6 Å². The van der Waals surface area contributed by atoms with Gasteiger partial charge in [0.2, 0.25) is 0 Å². The van der Waals surface area contributed by atoms with Crippen LogP contribution in [0.4, 0.5) is 5.69 Å². The number of nitrogens with two attached hydrogens (primary N) is 1. The van der Waals surface area contributed by atoms with E-state index in [-0.39, 0.29) is 0 Å². The molecule has 0 radical (unpaired) electrons. The summed E-state index contributed by atoms with van der Waals surface area (Å²) in [5.74, 6) is 0. The van der Waals surface area contributed by atoms with Crippen molar-refractivity contribution in [3.05, 3.63) is 35.5 Å². The maximum absolute atomic E-state index is 5.70. The molecular weight excluding hydrogens is 210 g/mol. The number of pyridine rings is 1. The van der Waals surface area contributed by atoms with Crippen LogP contribution in [0, 0.1) is 6.92 Å². The zero-order chi connectivity index (χ0) is 11.8. The van der Waals surface area contributed by atoms with Crippen molar-refractivity contribution >= 4 is 16.6 Å². The van der Waals surface area contributed by atoms with Crippen LogP contribution in [0.1, 0.15) is 24.1 Å². The quantitative estimate of drug-likeness (QED) is 0.847. The summed E-state index contributed by atoms with van der Waals surface area (Å²) < 4.78 is 0. The number of anilines is 1. The highest BCUT2D eigenvalue weighted by Gasteiger charge is 2.21. The molecule has 1 aliphatic carbocycles. The largest absolute Gasteiger partial charge is 0.382 e. The van der Waals surface area contributed by atoms with Crippen LogP contribution in [0.3, 0.4) is 0 Å². The van der Waals surface area contributed by atoms with Gasteiger partial charge in [-0.1, -0.05) is 12.1 Å². The first-order valence-corrected chi connectivity index (χ1v) is 6.13. The number of nitrogens with one attached hydrogen (secondary N) is 1. The summed E-state index contributed by atoms with van der Waals surface area (Å²) in [6.07, 6.45) is 2.54. The van der Waals surface area contributed by atoms with Crippen molar-refractivity contribution < 1.29 is 0 Å². The molecule has 1 fully saturated rings. The van der Waals surface area contributed by atoms with E-state index in [9.17, 15) is 0 Å². The number of rotatable bonds is 3. The number of hydrogen-bond donors (Lipinski definition) is 2. The van der Waals surface area contributed by atoms with E-state index in [2.05, 4.69) is 41.5 Å². The summed E-state index contributed by atoms with van der Waals surface area (Å²) in [4.78, 5) is 4.58. The highest BCUT2D eigenvalue weighted by atomic mass is 15.0. The Kier molecular flexibility index (Phi) is 2.48. The Balaban J connectivity index is 2.15. The molecule has 3 N–H and O–H groups in total.